The van der Waals surface area contributed by atoms with Crippen LogP contribution in [0.1, 0.15) is 17.5 Å². The van der Waals surface area contributed by atoms with Gasteiger partial charge in [0, 0.05) is 6.42 Å². The lowest BCUT2D eigenvalue weighted by molar-refractivity contribution is -0.422. The van der Waals surface area contributed by atoms with Crippen molar-refractivity contribution >= 4 is 22.6 Å². The zero-order valence-corrected chi connectivity index (χ0v) is 17.2. The summed E-state index contributed by atoms with van der Waals surface area (Å²) in [5.41, 5.74) is -0.161. The van der Waals surface area contributed by atoms with Crippen LogP contribution >= 0.6 is 22.6 Å². The molecule has 0 aliphatic heterocycles. The van der Waals surface area contributed by atoms with Gasteiger partial charge in [0.15, 0.2) is 0 Å². The SMILES string of the molecule is FC(F)(F)C(F)(F)C(F)(F)C(F)(F)C(F)(F)CC(I)(c1ccccc1)c1ccccc1. The predicted octanol–water partition coefficient (Wildman–Crippen LogP) is 7.86. The Hall–Kier alpha value is -1.60. The molecule has 0 saturated carbocycles. The Labute approximate surface area is 182 Å². The van der Waals surface area contributed by atoms with Crippen molar-refractivity contribution in [3.8, 4) is 0 Å². The van der Waals surface area contributed by atoms with Crippen molar-refractivity contribution in [2.24, 2.45) is 0 Å². The summed E-state index contributed by atoms with van der Waals surface area (Å²) in [5.74, 6) is -27.8. The molecule has 0 atom stereocenters. The van der Waals surface area contributed by atoms with Crippen molar-refractivity contribution in [1.82, 2.24) is 0 Å². The van der Waals surface area contributed by atoms with Crippen molar-refractivity contribution in [3.63, 3.8) is 0 Å². The molecule has 0 fully saturated rings. The number of alkyl halides is 12. The van der Waals surface area contributed by atoms with E-state index in [4.69, 9.17) is 0 Å². The molecule has 0 radical (unpaired) electrons. The zero-order valence-electron chi connectivity index (χ0n) is 15.0. The standard InChI is InChI=1S/C19H12F11I/c20-15(21,16(22,23)17(24,25)18(26,27)19(28,29)30)11-14(31,12-7-3-1-4-8-12)13-9-5-2-6-10-13/h1-10H,11H2. The Kier molecular flexibility index (Phi) is 6.68. The molecule has 2 aromatic rings. The Balaban J connectivity index is 2.61. The Morgan fingerprint density at radius 2 is 0.871 bits per heavy atom. The fraction of sp³-hybridized carbons (Fsp3) is 0.368. The summed E-state index contributed by atoms with van der Waals surface area (Å²) in [5, 5.41) is 0. The maximum atomic E-state index is 14.5. The number of benzene rings is 2. The third-order valence-corrected chi connectivity index (χ3v) is 6.16. The summed E-state index contributed by atoms with van der Waals surface area (Å²) in [6, 6.07) is 13.0. The zero-order chi connectivity index (χ0) is 23.9. The highest BCUT2D eigenvalue weighted by Gasteiger charge is 2.87. The monoisotopic (exact) mass is 576 g/mol. The summed E-state index contributed by atoms with van der Waals surface area (Å²) < 4.78 is 146. The van der Waals surface area contributed by atoms with Crippen LogP contribution in [0.15, 0.2) is 60.7 Å². The molecule has 12 heteroatoms. The first-order valence-corrected chi connectivity index (χ1v) is 9.38. The van der Waals surface area contributed by atoms with Gasteiger partial charge in [0.2, 0.25) is 0 Å². The van der Waals surface area contributed by atoms with Gasteiger partial charge in [0.1, 0.15) is 0 Å². The predicted molar refractivity (Wildman–Crippen MR) is 98.1 cm³/mol. The summed E-state index contributed by atoms with van der Waals surface area (Å²) >= 11 is 1.27. The molecule has 0 aliphatic rings. The molecule has 0 bridgehead atoms. The van der Waals surface area contributed by atoms with Gasteiger partial charge in [-0.25, -0.2) is 0 Å². The van der Waals surface area contributed by atoms with Crippen LogP contribution in [0.25, 0.3) is 0 Å². The van der Waals surface area contributed by atoms with E-state index in [1.165, 1.54) is 83.3 Å². The molecular formula is C19H12F11I. The third kappa shape index (κ3) is 4.23. The fourth-order valence-electron chi connectivity index (χ4n) is 2.80. The first-order chi connectivity index (χ1) is 13.9. The van der Waals surface area contributed by atoms with Gasteiger partial charge < -0.3 is 0 Å². The Morgan fingerprint density at radius 1 is 0.516 bits per heavy atom. The molecule has 0 spiro atoms. The molecule has 0 unspecified atom stereocenters. The molecule has 2 rings (SSSR count). The molecular weight excluding hydrogens is 564 g/mol. The number of rotatable bonds is 7. The van der Waals surface area contributed by atoms with E-state index in [9.17, 15) is 48.3 Å². The maximum Gasteiger partial charge on any atom is 0.460 e. The third-order valence-electron chi connectivity index (χ3n) is 4.53. The first-order valence-electron chi connectivity index (χ1n) is 8.30. The minimum Gasteiger partial charge on any atom is -0.200 e. The van der Waals surface area contributed by atoms with Gasteiger partial charge in [-0.15, -0.1) is 0 Å². The van der Waals surface area contributed by atoms with Gasteiger partial charge in [-0.1, -0.05) is 83.3 Å². The van der Waals surface area contributed by atoms with Gasteiger partial charge in [-0.3, -0.25) is 0 Å². The van der Waals surface area contributed by atoms with Gasteiger partial charge in [0.25, 0.3) is 0 Å². The number of hydrogen-bond acceptors (Lipinski definition) is 0. The minimum atomic E-state index is -7.42. The van der Waals surface area contributed by atoms with E-state index in [2.05, 4.69) is 0 Å². The van der Waals surface area contributed by atoms with Crippen molar-refractivity contribution in [2.45, 2.75) is 39.7 Å². The van der Waals surface area contributed by atoms with Crippen molar-refractivity contribution in [1.29, 1.82) is 0 Å². The Bertz CT molecular complexity index is 837. The van der Waals surface area contributed by atoms with Crippen molar-refractivity contribution < 1.29 is 48.3 Å². The van der Waals surface area contributed by atoms with Crippen LogP contribution in [0.5, 0.6) is 0 Å². The van der Waals surface area contributed by atoms with E-state index in [0.29, 0.717) is 0 Å². The summed E-state index contributed by atoms with van der Waals surface area (Å²) in [7, 11) is 0. The van der Waals surface area contributed by atoms with Crippen molar-refractivity contribution in [2.75, 3.05) is 0 Å². The topological polar surface area (TPSA) is 0 Å². The van der Waals surface area contributed by atoms with Crippen LogP contribution in [0, 0.1) is 0 Å². The lowest BCUT2D eigenvalue weighted by Gasteiger charge is -2.40. The summed E-state index contributed by atoms with van der Waals surface area (Å²) in [6.45, 7) is 0. The maximum absolute atomic E-state index is 14.5. The van der Waals surface area contributed by atoms with Gasteiger partial charge >= 0.3 is 29.9 Å². The van der Waals surface area contributed by atoms with E-state index in [-0.39, 0.29) is 11.1 Å². The molecule has 0 amide bonds. The van der Waals surface area contributed by atoms with E-state index < -0.39 is 39.7 Å². The van der Waals surface area contributed by atoms with Gasteiger partial charge in [-0.05, 0) is 11.1 Å². The first kappa shape index (κ1) is 25.7. The van der Waals surface area contributed by atoms with Crippen LogP contribution in [0.4, 0.5) is 48.3 Å². The summed E-state index contributed by atoms with van der Waals surface area (Å²) in [4.78, 5) is 0. The molecule has 0 nitrogen and oxygen atoms in total. The average molecular weight is 576 g/mol. The lowest BCUT2D eigenvalue weighted by atomic mass is 9.83. The molecule has 0 aromatic heterocycles. The minimum absolute atomic E-state index is 0.0804. The van der Waals surface area contributed by atoms with Crippen LogP contribution in [0.2, 0.25) is 0 Å². The molecule has 2 aromatic carbocycles. The molecule has 31 heavy (non-hydrogen) atoms. The second-order valence-electron chi connectivity index (χ2n) is 6.64. The Morgan fingerprint density at radius 3 is 1.19 bits per heavy atom. The van der Waals surface area contributed by atoms with E-state index in [1.807, 2.05) is 0 Å². The number of hydrogen-bond donors (Lipinski definition) is 0. The molecule has 0 aliphatic carbocycles. The lowest BCUT2D eigenvalue weighted by Crippen LogP contribution is -2.66. The van der Waals surface area contributed by atoms with Gasteiger partial charge in [0.05, 0.1) is 3.42 Å². The van der Waals surface area contributed by atoms with E-state index in [1.54, 1.807) is 0 Å². The highest BCUT2D eigenvalue weighted by atomic mass is 127. The normalized spacial score (nSPS) is 14.6. The molecule has 172 valence electrons. The van der Waals surface area contributed by atoms with E-state index in [0.717, 1.165) is 0 Å². The second-order valence-corrected chi connectivity index (χ2v) is 8.48. The van der Waals surface area contributed by atoms with Gasteiger partial charge in [-0.2, -0.15) is 48.3 Å². The smallest absolute Gasteiger partial charge is 0.200 e. The fourth-order valence-corrected chi connectivity index (χ4v) is 4.00. The average Bonchev–Trinajstić information content (AvgIpc) is 2.67. The molecule has 0 heterocycles. The van der Waals surface area contributed by atoms with Crippen LogP contribution in [0.3, 0.4) is 0 Å². The van der Waals surface area contributed by atoms with Crippen LogP contribution in [-0.2, 0) is 3.42 Å². The quantitative estimate of drug-likeness (QED) is 0.179. The number of halogens is 12. The highest BCUT2D eigenvalue weighted by Crippen LogP contribution is 2.60. The second kappa shape index (κ2) is 8.07. The summed E-state index contributed by atoms with van der Waals surface area (Å²) in [6.07, 6.45) is -9.37. The van der Waals surface area contributed by atoms with Crippen LogP contribution in [-0.4, -0.2) is 29.9 Å². The van der Waals surface area contributed by atoms with E-state index >= 15 is 0 Å². The van der Waals surface area contributed by atoms with Crippen LogP contribution < -0.4 is 0 Å². The highest BCUT2D eigenvalue weighted by molar-refractivity contribution is 14.1. The molecule has 0 N–H and O–H groups in total. The van der Waals surface area contributed by atoms with Crippen molar-refractivity contribution in [3.05, 3.63) is 71.8 Å². The largest absolute Gasteiger partial charge is 0.460 e. The molecule has 0 saturated heterocycles.